The van der Waals surface area contributed by atoms with E-state index in [1.165, 1.54) is 12.1 Å². The van der Waals surface area contributed by atoms with Crippen molar-refractivity contribution in [3.8, 4) is 0 Å². The molecule has 1 aliphatic rings. The molecule has 2 rings (SSSR count). The van der Waals surface area contributed by atoms with Crippen molar-refractivity contribution >= 4 is 28.6 Å². The van der Waals surface area contributed by atoms with Crippen molar-refractivity contribution in [3.05, 3.63) is 34.4 Å². The first kappa shape index (κ1) is 16.4. The predicted molar refractivity (Wildman–Crippen MR) is 77.9 cm³/mol. The van der Waals surface area contributed by atoms with Crippen molar-refractivity contribution in [3.63, 3.8) is 0 Å². The Hall–Kier alpha value is -2.00. The van der Waals surface area contributed by atoms with Crippen LogP contribution in [0.15, 0.2) is 24.3 Å². The van der Waals surface area contributed by atoms with Crippen LogP contribution in [-0.4, -0.2) is 30.3 Å². The van der Waals surface area contributed by atoms with Crippen molar-refractivity contribution in [2.45, 2.75) is 37.6 Å². The Labute approximate surface area is 129 Å². The highest BCUT2D eigenvalue weighted by molar-refractivity contribution is 7.80. The summed E-state index contributed by atoms with van der Waals surface area (Å²) in [4.78, 5) is 21.8. The topological polar surface area (TPSA) is 124 Å². The molecule has 1 aromatic carbocycles. The van der Waals surface area contributed by atoms with Gasteiger partial charge in [0.1, 0.15) is 5.54 Å². The van der Waals surface area contributed by atoms with E-state index in [4.69, 9.17) is 0 Å². The zero-order valence-corrected chi connectivity index (χ0v) is 12.5. The van der Waals surface area contributed by atoms with Crippen LogP contribution in [0.3, 0.4) is 0 Å². The number of hydrogen-bond acceptors (Lipinski definition) is 5. The summed E-state index contributed by atoms with van der Waals surface area (Å²) in [6.07, 6.45) is 2.52. The van der Waals surface area contributed by atoms with E-state index in [0.717, 1.165) is 22.9 Å². The molecule has 0 bridgehead atoms. The second-order valence-corrected chi connectivity index (χ2v) is 5.98. The Morgan fingerprint density at radius 3 is 2.18 bits per heavy atom. The van der Waals surface area contributed by atoms with E-state index in [-0.39, 0.29) is 24.2 Å². The van der Waals surface area contributed by atoms with Crippen LogP contribution < -0.4 is 4.31 Å². The Morgan fingerprint density at radius 1 is 1.23 bits per heavy atom. The lowest BCUT2D eigenvalue weighted by atomic mass is 9.81. The molecule has 0 radical (unpaired) electrons. The maximum absolute atomic E-state index is 11.7. The number of nitro benzene ring substituents is 1. The second-order valence-electron chi connectivity index (χ2n) is 5.18. The number of nitrogens with zero attached hydrogens (tertiary/aromatic N) is 2. The van der Waals surface area contributed by atoms with Gasteiger partial charge in [0.2, 0.25) is 0 Å². The number of hydrogen-bond donors (Lipinski definition) is 1. The first-order valence-electron chi connectivity index (χ1n) is 6.76. The van der Waals surface area contributed by atoms with Crippen molar-refractivity contribution < 1.29 is 23.6 Å². The molecule has 0 aliphatic heterocycles. The molecule has 0 spiro atoms. The van der Waals surface area contributed by atoms with Crippen molar-refractivity contribution in [1.29, 1.82) is 0 Å². The summed E-state index contributed by atoms with van der Waals surface area (Å²) in [7, 11) is 0. The minimum atomic E-state index is -2.80. The molecule has 0 aromatic heterocycles. The number of carbonyl (C=O) groups is 1. The third-order valence-electron chi connectivity index (χ3n) is 3.91. The molecule has 1 N–H and O–H groups in total. The largest absolute Gasteiger partial charge is 0.755 e. The van der Waals surface area contributed by atoms with E-state index in [1.807, 2.05) is 0 Å². The maximum Gasteiger partial charge on any atom is 0.330 e. The fourth-order valence-corrected chi connectivity index (χ4v) is 3.67. The van der Waals surface area contributed by atoms with Crippen LogP contribution in [0.4, 0.5) is 11.4 Å². The smallest absolute Gasteiger partial charge is 0.330 e. The summed E-state index contributed by atoms with van der Waals surface area (Å²) in [6, 6.07) is 4.83. The third kappa shape index (κ3) is 2.95. The zero-order chi connectivity index (χ0) is 16.3. The van der Waals surface area contributed by atoms with Crippen LogP contribution >= 0.6 is 0 Å². The molecule has 22 heavy (non-hydrogen) atoms. The quantitative estimate of drug-likeness (QED) is 0.501. The fraction of sp³-hybridized carbons (Fsp3) is 0.462. The first-order valence-corrected chi connectivity index (χ1v) is 7.79. The number of anilines is 1. The minimum absolute atomic E-state index is 0.114. The van der Waals surface area contributed by atoms with Crippen LogP contribution in [0.1, 0.15) is 32.1 Å². The molecular formula is C13H15N2O6S-. The van der Waals surface area contributed by atoms with Crippen molar-refractivity contribution in [2.75, 3.05) is 4.31 Å². The third-order valence-corrected chi connectivity index (χ3v) is 4.77. The van der Waals surface area contributed by atoms with Crippen LogP contribution in [0.5, 0.6) is 0 Å². The van der Waals surface area contributed by atoms with Gasteiger partial charge < -0.3 is 9.66 Å². The van der Waals surface area contributed by atoms with E-state index in [9.17, 15) is 28.8 Å². The van der Waals surface area contributed by atoms with Gasteiger partial charge in [0, 0.05) is 23.4 Å². The van der Waals surface area contributed by atoms with Gasteiger partial charge in [-0.05, 0) is 25.0 Å². The van der Waals surface area contributed by atoms with Gasteiger partial charge in [-0.2, -0.15) is 0 Å². The van der Waals surface area contributed by atoms with Gasteiger partial charge in [0.25, 0.3) is 5.69 Å². The fourth-order valence-electron chi connectivity index (χ4n) is 2.83. The molecule has 120 valence electrons. The molecule has 1 unspecified atom stereocenters. The second kappa shape index (κ2) is 6.41. The number of aliphatic carboxylic acids is 1. The number of benzene rings is 1. The molecule has 1 atom stereocenters. The monoisotopic (exact) mass is 327 g/mol. The number of carboxylic acid groups (broad SMARTS) is 1. The lowest BCUT2D eigenvalue weighted by Gasteiger charge is -2.44. The molecule has 9 heteroatoms. The van der Waals surface area contributed by atoms with Gasteiger partial charge in [-0.15, -0.1) is 0 Å². The molecule has 0 heterocycles. The average molecular weight is 327 g/mol. The van der Waals surface area contributed by atoms with Crippen molar-refractivity contribution in [2.24, 2.45) is 0 Å². The molecule has 1 aliphatic carbocycles. The summed E-state index contributed by atoms with van der Waals surface area (Å²) in [5.41, 5.74) is -1.60. The molecule has 1 saturated carbocycles. The number of carboxylic acids is 1. The molecule has 8 nitrogen and oxygen atoms in total. The maximum atomic E-state index is 11.7. The summed E-state index contributed by atoms with van der Waals surface area (Å²) in [6.45, 7) is 0. The number of non-ortho nitro benzene ring substituents is 1. The van der Waals surface area contributed by atoms with Gasteiger partial charge in [-0.3, -0.25) is 18.6 Å². The Kier molecular flexibility index (Phi) is 4.77. The highest BCUT2D eigenvalue weighted by atomic mass is 32.2. The highest BCUT2D eigenvalue weighted by Gasteiger charge is 2.46. The Bertz CT molecular complexity index is 597. The standard InChI is InChI=1S/C13H16N2O6S/c16-12(17)13(8-2-1-3-9-13)14(22(20)21)10-4-6-11(7-5-10)15(18)19/h4-7H,1-3,8-9H2,(H,16,17)(H,20,21)/p-1. The van der Waals surface area contributed by atoms with Crippen LogP contribution in [-0.2, 0) is 16.1 Å². The van der Waals surface area contributed by atoms with E-state index in [0.29, 0.717) is 12.8 Å². The Morgan fingerprint density at radius 2 is 1.77 bits per heavy atom. The van der Waals surface area contributed by atoms with E-state index in [1.54, 1.807) is 0 Å². The first-order chi connectivity index (χ1) is 10.4. The van der Waals surface area contributed by atoms with Gasteiger partial charge in [-0.1, -0.05) is 19.3 Å². The summed E-state index contributed by atoms with van der Waals surface area (Å²) < 4.78 is 24.1. The summed E-state index contributed by atoms with van der Waals surface area (Å²) >= 11 is -2.80. The molecular weight excluding hydrogens is 312 g/mol. The van der Waals surface area contributed by atoms with Crippen molar-refractivity contribution in [1.82, 2.24) is 0 Å². The lowest BCUT2D eigenvalue weighted by molar-refractivity contribution is -0.384. The van der Waals surface area contributed by atoms with E-state index in [2.05, 4.69) is 0 Å². The minimum Gasteiger partial charge on any atom is -0.755 e. The summed E-state index contributed by atoms with van der Waals surface area (Å²) in [5, 5.41) is 20.3. The SMILES string of the molecule is O=C(O)C1(N(c2ccc([N+](=O)[O-])cc2)S(=O)[O-])CCCCC1. The molecule has 0 saturated heterocycles. The molecule has 1 aromatic rings. The van der Waals surface area contributed by atoms with E-state index >= 15 is 0 Å². The van der Waals surface area contributed by atoms with Crippen LogP contribution in [0.2, 0.25) is 0 Å². The molecule has 0 amide bonds. The molecule has 1 fully saturated rings. The van der Waals surface area contributed by atoms with Crippen LogP contribution in [0, 0.1) is 10.1 Å². The normalized spacial score (nSPS) is 18.4. The Balaban J connectivity index is 2.46. The van der Waals surface area contributed by atoms with Gasteiger partial charge >= 0.3 is 5.97 Å². The lowest BCUT2D eigenvalue weighted by Crippen LogP contribution is -2.56. The van der Waals surface area contributed by atoms with Gasteiger partial charge in [0.05, 0.1) is 10.6 Å². The van der Waals surface area contributed by atoms with Gasteiger partial charge in [0.15, 0.2) is 0 Å². The zero-order valence-electron chi connectivity index (χ0n) is 11.6. The number of rotatable bonds is 5. The van der Waals surface area contributed by atoms with Gasteiger partial charge in [-0.25, -0.2) is 4.79 Å². The summed E-state index contributed by atoms with van der Waals surface area (Å²) in [5.74, 6) is -1.20. The van der Waals surface area contributed by atoms with E-state index < -0.39 is 27.7 Å². The predicted octanol–water partition coefficient (Wildman–Crippen LogP) is 1.98. The highest BCUT2D eigenvalue weighted by Crippen LogP contribution is 2.38. The van der Waals surface area contributed by atoms with Crippen LogP contribution in [0.25, 0.3) is 0 Å². The number of nitro groups is 1. The average Bonchev–Trinajstić information content (AvgIpc) is 2.48.